The van der Waals surface area contributed by atoms with E-state index in [0.717, 1.165) is 23.3 Å². The second-order valence-electron chi connectivity index (χ2n) is 10.7. The molecule has 206 valence electrons. The van der Waals surface area contributed by atoms with Gasteiger partial charge in [0.15, 0.2) is 0 Å². The van der Waals surface area contributed by atoms with E-state index >= 15 is 0 Å². The minimum absolute atomic E-state index is 0.0102. The SMILES string of the molecule is CC(C)(O)CCOc1ccc(-c2ccc(F)c(COc3cc4c(cn3)[C@H]3[C@@H](C4)[C@@H]3C(=O)O)c2)c(C(F)(F)F)c1. The zero-order chi connectivity index (χ0) is 28.1. The van der Waals surface area contributed by atoms with Crippen molar-refractivity contribution in [3.63, 3.8) is 0 Å². The Kier molecular flexibility index (Phi) is 6.78. The van der Waals surface area contributed by atoms with Gasteiger partial charge >= 0.3 is 12.1 Å². The van der Waals surface area contributed by atoms with Gasteiger partial charge in [0.1, 0.15) is 18.2 Å². The normalized spacial score (nSPS) is 19.8. The van der Waals surface area contributed by atoms with Crippen LogP contribution in [-0.4, -0.2) is 33.4 Å². The number of nitrogens with zero attached hydrogens (tertiary/aromatic N) is 1. The van der Waals surface area contributed by atoms with Crippen LogP contribution in [0, 0.1) is 17.7 Å². The second kappa shape index (κ2) is 9.82. The minimum Gasteiger partial charge on any atom is -0.493 e. The highest BCUT2D eigenvalue weighted by atomic mass is 19.4. The summed E-state index contributed by atoms with van der Waals surface area (Å²) in [6, 6.07) is 8.97. The van der Waals surface area contributed by atoms with Crippen molar-refractivity contribution in [2.75, 3.05) is 6.61 Å². The number of fused-ring (bicyclic) bond motifs is 3. The Labute approximate surface area is 222 Å². The summed E-state index contributed by atoms with van der Waals surface area (Å²) in [4.78, 5) is 15.5. The lowest BCUT2D eigenvalue weighted by Crippen LogP contribution is -2.21. The van der Waals surface area contributed by atoms with E-state index in [1.165, 1.54) is 24.3 Å². The van der Waals surface area contributed by atoms with Gasteiger partial charge in [-0.25, -0.2) is 9.37 Å². The van der Waals surface area contributed by atoms with Crippen molar-refractivity contribution in [3.8, 4) is 22.8 Å². The molecule has 0 saturated heterocycles. The molecule has 0 aliphatic heterocycles. The third kappa shape index (κ3) is 5.71. The molecule has 0 amide bonds. The summed E-state index contributed by atoms with van der Waals surface area (Å²) in [5, 5.41) is 19.1. The maximum Gasteiger partial charge on any atom is 0.417 e. The van der Waals surface area contributed by atoms with Gasteiger partial charge in [-0.3, -0.25) is 4.79 Å². The fourth-order valence-electron chi connectivity index (χ4n) is 5.21. The number of carboxylic acids is 1. The monoisotopic (exact) mass is 545 g/mol. The first-order chi connectivity index (χ1) is 18.3. The van der Waals surface area contributed by atoms with Crippen LogP contribution in [0.25, 0.3) is 11.1 Å². The Morgan fingerprint density at radius 1 is 1.10 bits per heavy atom. The van der Waals surface area contributed by atoms with Crippen molar-refractivity contribution >= 4 is 5.97 Å². The van der Waals surface area contributed by atoms with Gasteiger partial charge in [-0.2, -0.15) is 13.2 Å². The molecule has 3 aromatic rings. The number of halogens is 4. The number of hydrogen-bond acceptors (Lipinski definition) is 5. The molecule has 3 atom stereocenters. The minimum atomic E-state index is -4.69. The summed E-state index contributed by atoms with van der Waals surface area (Å²) in [7, 11) is 0. The van der Waals surface area contributed by atoms with Crippen molar-refractivity contribution in [2.24, 2.45) is 11.8 Å². The van der Waals surface area contributed by atoms with E-state index < -0.39 is 29.1 Å². The predicted molar refractivity (Wildman–Crippen MR) is 133 cm³/mol. The van der Waals surface area contributed by atoms with Crippen LogP contribution in [0.4, 0.5) is 17.6 Å². The van der Waals surface area contributed by atoms with Gasteiger partial charge in [0.05, 0.1) is 23.7 Å². The van der Waals surface area contributed by atoms with E-state index in [0.29, 0.717) is 6.42 Å². The molecule has 2 aliphatic carbocycles. The number of hydrogen-bond donors (Lipinski definition) is 2. The van der Waals surface area contributed by atoms with E-state index in [4.69, 9.17) is 9.47 Å². The summed E-state index contributed by atoms with van der Waals surface area (Å²) in [5.74, 6) is -1.55. The van der Waals surface area contributed by atoms with E-state index in [-0.39, 0.29) is 65.7 Å². The van der Waals surface area contributed by atoms with Gasteiger partial charge in [0.25, 0.3) is 0 Å². The highest BCUT2D eigenvalue weighted by Gasteiger charge is 2.59. The smallest absolute Gasteiger partial charge is 0.417 e. The lowest BCUT2D eigenvalue weighted by Gasteiger charge is -2.19. The van der Waals surface area contributed by atoms with Gasteiger partial charge in [-0.1, -0.05) is 12.1 Å². The number of pyridine rings is 1. The zero-order valence-corrected chi connectivity index (χ0v) is 21.3. The molecule has 6 nitrogen and oxygen atoms in total. The first kappa shape index (κ1) is 26.9. The quantitative estimate of drug-likeness (QED) is 0.321. The molecule has 1 heterocycles. The number of benzene rings is 2. The third-order valence-electron chi connectivity index (χ3n) is 7.28. The van der Waals surface area contributed by atoms with E-state index in [1.54, 1.807) is 26.1 Å². The Balaban J connectivity index is 1.33. The molecular weight excluding hydrogens is 518 g/mol. The number of carbonyl (C=O) groups is 1. The van der Waals surface area contributed by atoms with Crippen molar-refractivity contribution in [3.05, 3.63) is 76.7 Å². The number of rotatable bonds is 9. The molecule has 1 aromatic heterocycles. The Hall–Kier alpha value is -3.66. The first-order valence-electron chi connectivity index (χ1n) is 12.5. The van der Waals surface area contributed by atoms with Crippen molar-refractivity contribution in [2.45, 2.75) is 51.0 Å². The van der Waals surface area contributed by atoms with Crippen molar-refractivity contribution in [1.82, 2.24) is 4.98 Å². The van der Waals surface area contributed by atoms with Crippen LogP contribution < -0.4 is 9.47 Å². The Morgan fingerprint density at radius 3 is 2.56 bits per heavy atom. The summed E-state index contributed by atoms with van der Waals surface area (Å²) in [5.41, 5.74) is -0.0316. The molecular formula is C29H27F4NO5. The average molecular weight is 546 g/mol. The zero-order valence-electron chi connectivity index (χ0n) is 21.3. The fourth-order valence-corrected chi connectivity index (χ4v) is 5.21. The van der Waals surface area contributed by atoms with E-state index in [1.807, 2.05) is 0 Å². The fraction of sp³-hybridized carbons (Fsp3) is 0.379. The number of aromatic nitrogens is 1. The first-order valence-corrected chi connectivity index (χ1v) is 12.5. The van der Waals surface area contributed by atoms with Gasteiger partial charge in [0.2, 0.25) is 5.88 Å². The molecule has 0 bridgehead atoms. The van der Waals surface area contributed by atoms with Gasteiger partial charge < -0.3 is 19.7 Å². The van der Waals surface area contributed by atoms with E-state index in [2.05, 4.69) is 4.98 Å². The van der Waals surface area contributed by atoms with Gasteiger partial charge in [-0.15, -0.1) is 0 Å². The maximum atomic E-state index is 14.6. The summed E-state index contributed by atoms with van der Waals surface area (Å²) in [6.45, 7) is 2.94. The number of ether oxygens (including phenoxy) is 2. The molecule has 1 saturated carbocycles. The van der Waals surface area contributed by atoms with Gasteiger partial charge in [-0.05, 0) is 72.7 Å². The summed E-state index contributed by atoms with van der Waals surface area (Å²) >= 11 is 0. The molecule has 10 heteroatoms. The molecule has 0 radical (unpaired) electrons. The third-order valence-corrected chi connectivity index (χ3v) is 7.28. The molecule has 2 aromatic carbocycles. The Bertz CT molecular complexity index is 1420. The molecule has 2 N–H and O–H groups in total. The average Bonchev–Trinajstić information content (AvgIpc) is 3.44. The van der Waals surface area contributed by atoms with Crippen LogP contribution in [0.2, 0.25) is 0 Å². The number of alkyl halides is 3. The molecule has 0 spiro atoms. The highest BCUT2D eigenvalue weighted by molar-refractivity contribution is 5.77. The maximum absolute atomic E-state index is 14.6. The van der Waals surface area contributed by atoms with Crippen molar-refractivity contribution in [1.29, 1.82) is 0 Å². The van der Waals surface area contributed by atoms with Gasteiger partial charge in [0, 0.05) is 30.2 Å². The van der Waals surface area contributed by atoms with Crippen LogP contribution >= 0.6 is 0 Å². The van der Waals surface area contributed by atoms with E-state index in [9.17, 15) is 32.6 Å². The molecule has 39 heavy (non-hydrogen) atoms. The van der Waals surface area contributed by atoms with Crippen molar-refractivity contribution < 1.29 is 42.0 Å². The second-order valence-corrected chi connectivity index (χ2v) is 10.7. The standard InChI is InChI=1S/C29H27F4NO5/c1-28(2,37)7-8-38-18-4-5-19(22(12-18)29(31,32)33)15-3-6-23(30)17(9-15)14-39-24-11-16-10-20-25(21(16)13-34-24)26(20)27(35)36/h3-6,9,11-13,20,25-26,37H,7-8,10,14H2,1-2H3,(H,35,36)/t20-,25-,26+/m1/s1. The Morgan fingerprint density at radius 2 is 1.87 bits per heavy atom. The largest absolute Gasteiger partial charge is 0.493 e. The number of aliphatic carboxylic acids is 1. The van der Waals surface area contributed by atoms with Crippen LogP contribution in [0.15, 0.2) is 48.7 Å². The number of aliphatic hydroxyl groups is 1. The molecule has 5 rings (SSSR count). The molecule has 1 fully saturated rings. The summed E-state index contributed by atoms with van der Waals surface area (Å²) in [6.07, 6.45) is -2.26. The predicted octanol–water partition coefficient (Wildman–Crippen LogP) is 6.00. The lowest BCUT2D eigenvalue weighted by molar-refractivity contribution is -0.139. The van der Waals surface area contributed by atoms with Crippen LogP contribution in [-0.2, 0) is 24.0 Å². The topological polar surface area (TPSA) is 88.9 Å². The summed E-state index contributed by atoms with van der Waals surface area (Å²) < 4.78 is 67.5. The molecule has 2 aliphatic rings. The van der Waals surface area contributed by atoms with Crippen LogP contribution in [0.5, 0.6) is 11.6 Å². The lowest BCUT2D eigenvalue weighted by atomic mass is 9.97. The number of carboxylic acid groups (broad SMARTS) is 1. The molecule has 0 unspecified atom stereocenters. The van der Waals surface area contributed by atoms with Crippen LogP contribution in [0.3, 0.4) is 0 Å². The van der Waals surface area contributed by atoms with Crippen LogP contribution in [0.1, 0.15) is 48.4 Å². The highest BCUT2D eigenvalue weighted by Crippen LogP contribution is 2.61.